The molecule has 1 N–H and O–H groups in total. The van der Waals surface area contributed by atoms with E-state index in [1.807, 2.05) is 6.07 Å². The van der Waals surface area contributed by atoms with E-state index in [1.54, 1.807) is 17.5 Å². The predicted molar refractivity (Wildman–Crippen MR) is 72.0 cm³/mol. The molecule has 2 rings (SSSR count). The molecule has 7 heteroatoms. The van der Waals surface area contributed by atoms with E-state index in [2.05, 4.69) is 38.1 Å². The number of carbonyl (C=O) groups is 1. The van der Waals surface area contributed by atoms with E-state index >= 15 is 0 Å². The number of rotatable bonds is 2. The third-order valence-corrected chi connectivity index (χ3v) is 3.69. The Morgan fingerprint density at radius 3 is 2.81 bits per heavy atom. The molecule has 0 atom stereocenters. The average Bonchev–Trinajstić information content (AvgIpc) is 2.68. The van der Waals surface area contributed by atoms with Crippen LogP contribution in [0, 0.1) is 2.88 Å². The van der Waals surface area contributed by atoms with Crippen LogP contribution in [0.4, 0.5) is 5.82 Å². The molecule has 0 spiro atoms. The zero-order chi connectivity index (χ0) is 11.5. The van der Waals surface area contributed by atoms with Crippen molar-refractivity contribution in [3.63, 3.8) is 0 Å². The summed E-state index contributed by atoms with van der Waals surface area (Å²) in [4.78, 5) is 11.7. The van der Waals surface area contributed by atoms with Gasteiger partial charge in [-0.15, -0.1) is 21.5 Å². The Labute approximate surface area is 114 Å². The number of hydrogen-bond acceptors (Lipinski definition) is 4. The molecule has 2 aromatic rings. The second kappa shape index (κ2) is 5.07. The highest BCUT2D eigenvalue weighted by atomic mass is 127. The molecule has 0 aliphatic heterocycles. The summed E-state index contributed by atoms with van der Waals surface area (Å²) in [6.45, 7) is 0. The predicted octanol–water partition coefficient (Wildman–Crippen LogP) is 3.05. The summed E-state index contributed by atoms with van der Waals surface area (Å²) in [7, 11) is 0. The maximum Gasteiger partial charge on any atom is 0.257 e. The summed E-state index contributed by atoms with van der Waals surface area (Å²) >= 11 is 9.26. The first-order valence-corrected chi connectivity index (χ1v) is 6.53. The van der Waals surface area contributed by atoms with E-state index in [0.717, 1.165) is 2.88 Å². The Kier molecular flexibility index (Phi) is 3.72. The molecule has 2 aromatic heterocycles. The van der Waals surface area contributed by atoms with Crippen molar-refractivity contribution in [2.45, 2.75) is 0 Å². The number of halogens is 2. The third-order valence-electron chi connectivity index (χ3n) is 1.70. The molecule has 2 heterocycles. The van der Waals surface area contributed by atoms with Gasteiger partial charge >= 0.3 is 0 Å². The fourth-order valence-electron chi connectivity index (χ4n) is 1.00. The molecule has 82 valence electrons. The minimum absolute atomic E-state index is 0.198. The van der Waals surface area contributed by atoms with Crippen LogP contribution < -0.4 is 5.32 Å². The van der Waals surface area contributed by atoms with E-state index in [1.165, 1.54) is 11.3 Å². The lowest BCUT2D eigenvalue weighted by molar-refractivity contribution is 0.102. The quantitative estimate of drug-likeness (QED) is 0.832. The van der Waals surface area contributed by atoms with Crippen molar-refractivity contribution >= 4 is 57.3 Å². The van der Waals surface area contributed by atoms with Crippen LogP contribution in [0.25, 0.3) is 0 Å². The smallest absolute Gasteiger partial charge is 0.257 e. The molecule has 0 aromatic carbocycles. The SMILES string of the molecule is O=C(Nc1ccc(Cl)nn1)c1csc(I)c1. The van der Waals surface area contributed by atoms with Crippen molar-refractivity contribution in [3.8, 4) is 0 Å². The molecule has 1 amide bonds. The van der Waals surface area contributed by atoms with Crippen LogP contribution in [0.3, 0.4) is 0 Å². The van der Waals surface area contributed by atoms with Crippen molar-refractivity contribution in [3.05, 3.63) is 37.2 Å². The Balaban J connectivity index is 2.10. The van der Waals surface area contributed by atoms with Gasteiger partial charge in [0.05, 0.1) is 8.45 Å². The summed E-state index contributed by atoms with van der Waals surface area (Å²) in [6, 6.07) is 4.98. The fraction of sp³-hybridized carbons (Fsp3) is 0. The standard InChI is InChI=1S/C9H5ClIN3OS/c10-6-1-2-8(14-13-6)12-9(15)5-3-7(11)16-4-5/h1-4H,(H,12,14,15). The van der Waals surface area contributed by atoms with Crippen molar-refractivity contribution in [2.24, 2.45) is 0 Å². The number of hydrogen-bond donors (Lipinski definition) is 1. The molecule has 4 nitrogen and oxygen atoms in total. The number of carbonyl (C=O) groups excluding carboxylic acids is 1. The van der Waals surface area contributed by atoms with Crippen molar-refractivity contribution < 1.29 is 4.79 Å². The summed E-state index contributed by atoms with van der Waals surface area (Å²) in [6.07, 6.45) is 0. The van der Waals surface area contributed by atoms with Crippen LogP contribution in [0.5, 0.6) is 0 Å². The molecule has 0 aliphatic rings. The molecule has 0 fully saturated rings. The van der Waals surface area contributed by atoms with Gasteiger partial charge in [0.1, 0.15) is 0 Å². The summed E-state index contributed by atoms with van der Waals surface area (Å²) in [5.41, 5.74) is 0.617. The zero-order valence-corrected chi connectivity index (χ0v) is 11.5. The molecule has 0 bridgehead atoms. The van der Waals surface area contributed by atoms with Crippen LogP contribution in [-0.2, 0) is 0 Å². The average molecular weight is 366 g/mol. The van der Waals surface area contributed by atoms with Gasteiger partial charge in [0.15, 0.2) is 11.0 Å². The lowest BCUT2D eigenvalue weighted by Crippen LogP contribution is -2.12. The van der Waals surface area contributed by atoms with Gasteiger partial charge in [-0.3, -0.25) is 4.79 Å². The Morgan fingerprint density at radius 1 is 1.44 bits per heavy atom. The number of aromatic nitrogens is 2. The van der Waals surface area contributed by atoms with Gasteiger partial charge in [-0.1, -0.05) is 11.6 Å². The van der Waals surface area contributed by atoms with E-state index in [4.69, 9.17) is 11.6 Å². The molecule has 0 radical (unpaired) electrons. The third kappa shape index (κ3) is 2.89. The van der Waals surface area contributed by atoms with Crippen LogP contribution >= 0.6 is 45.5 Å². The van der Waals surface area contributed by atoms with Crippen LogP contribution in [-0.4, -0.2) is 16.1 Å². The highest BCUT2D eigenvalue weighted by Gasteiger charge is 2.08. The number of nitrogens with one attached hydrogen (secondary N) is 1. The molecule has 0 saturated carbocycles. The molecular formula is C9H5ClIN3OS. The van der Waals surface area contributed by atoms with Gasteiger partial charge < -0.3 is 5.32 Å². The lowest BCUT2D eigenvalue weighted by Gasteiger charge is -2.00. The topological polar surface area (TPSA) is 54.9 Å². The Hall–Kier alpha value is -0.730. The number of thiophene rings is 1. The molecule has 16 heavy (non-hydrogen) atoms. The second-order valence-electron chi connectivity index (χ2n) is 2.83. The Morgan fingerprint density at radius 2 is 2.25 bits per heavy atom. The Bertz CT molecular complexity index is 514. The van der Waals surface area contributed by atoms with E-state index < -0.39 is 0 Å². The van der Waals surface area contributed by atoms with Crippen molar-refractivity contribution in [2.75, 3.05) is 5.32 Å². The molecule has 0 aliphatic carbocycles. The van der Waals surface area contributed by atoms with E-state index in [9.17, 15) is 4.79 Å². The number of anilines is 1. The highest BCUT2D eigenvalue weighted by Crippen LogP contribution is 2.17. The second-order valence-corrected chi connectivity index (χ2v) is 6.03. The van der Waals surface area contributed by atoms with E-state index in [-0.39, 0.29) is 5.91 Å². The summed E-state index contributed by atoms with van der Waals surface area (Å²) in [5, 5.41) is 12.1. The molecule has 0 saturated heterocycles. The molecule has 0 unspecified atom stereocenters. The maximum atomic E-state index is 11.7. The number of nitrogens with zero attached hydrogens (tertiary/aromatic N) is 2. The highest BCUT2D eigenvalue weighted by molar-refractivity contribution is 14.1. The van der Waals surface area contributed by atoms with E-state index in [0.29, 0.717) is 16.5 Å². The van der Waals surface area contributed by atoms with Gasteiger partial charge in [0, 0.05) is 5.38 Å². The van der Waals surface area contributed by atoms with Gasteiger partial charge in [-0.05, 0) is 40.8 Å². The minimum atomic E-state index is -0.198. The summed E-state index contributed by atoms with van der Waals surface area (Å²) < 4.78 is 1.06. The van der Waals surface area contributed by atoms with Crippen LogP contribution in [0.15, 0.2) is 23.6 Å². The first-order valence-electron chi connectivity index (χ1n) is 4.20. The van der Waals surface area contributed by atoms with Crippen molar-refractivity contribution in [1.82, 2.24) is 10.2 Å². The van der Waals surface area contributed by atoms with Crippen LogP contribution in [0.1, 0.15) is 10.4 Å². The number of amides is 1. The fourth-order valence-corrected chi connectivity index (χ4v) is 2.43. The zero-order valence-electron chi connectivity index (χ0n) is 7.78. The monoisotopic (exact) mass is 365 g/mol. The minimum Gasteiger partial charge on any atom is -0.305 e. The van der Waals surface area contributed by atoms with Gasteiger partial charge in [0.2, 0.25) is 0 Å². The van der Waals surface area contributed by atoms with Gasteiger partial charge in [0.25, 0.3) is 5.91 Å². The maximum absolute atomic E-state index is 11.7. The first kappa shape index (κ1) is 11.7. The van der Waals surface area contributed by atoms with Crippen LogP contribution in [0.2, 0.25) is 5.15 Å². The lowest BCUT2D eigenvalue weighted by atomic mass is 10.3. The van der Waals surface area contributed by atoms with Gasteiger partial charge in [-0.2, -0.15) is 0 Å². The summed E-state index contributed by atoms with van der Waals surface area (Å²) in [5.74, 6) is 0.186. The van der Waals surface area contributed by atoms with Crippen molar-refractivity contribution in [1.29, 1.82) is 0 Å². The molecular weight excluding hydrogens is 361 g/mol. The normalized spacial score (nSPS) is 10.1. The van der Waals surface area contributed by atoms with Gasteiger partial charge in [-0.25, -0.2) is 0 Å². The first-order chi connectivity index (χ1) is 7.65. The largest absolute Gasteiger partial charge is 0.305 e.